The fraction of sp³-hybridized carbons (Fsp3) is 0.167. The lowest BCUT2D eigenvalue weighted by molar-refractivity contribution is 0.299. The highest BCUT2D eigenvalue weighted by atomic mass is 16.5. The van der Waals surface area contributed by atoms with Crippen LogP contribution in [0, 0.1) is 0 Å². The summed E-state index contributed by atoms with van der Waals surface area (Å²) in [4.78, 5) is 16.7. The molecule has 0 N–H and O–H groups in total. The van der Waals surface area contributed by atoms with Gasteiger partial charge in [0.25, 0.3) is 5.56 Å². The molecule has 6 heteroatoms. The third kappa shape index (κ3) is 3.98. The van der Waals surface area contributed by atoms with Crippen LogP contribution in [0.3, 0.4) is 0 Å². The van der Waals surface area contributed by atoms with Gasteiger partial charge in [0, 0.05) is 41.0 Å². The van der Waals surface area contributed by atoms with E-state index >= 15 is 0 Å². The minimum absolute atomic E-state index is 0.0819. The molecule has 2 aromatic carbocycles. The average Bonchev–Trinajstić information content (AvgIpc) is 2.80. The molecule has 0 fully saturated rings. The van der Waals surface area contributed by atoms with Crippen molar-refractivity contribution in [3.63, 3.8) is 0 Å². The van der Waals surface area contributed by atoms with Crippen LogP contribution >= 0.6 is 0 Å². The normalized spacial score (nSPS) is 10.7. The van der Waals surface area contributed by atoms with Crippen molar-refractivity contribution in [2.24, 2.45) is 0 Å². The van der Waals surface area contributed by atoms with Gasteiger partial charge in [0.2, 0.25) is 0 Å². The van der Waals surface area contributed by atoms with Crippen molar-refractivity contribution in [2.45, 2.75) is 6.54 Å². The summed E-state index contributed by atoms with van der Waals surface area (Å²) < 4.78 is 18.3. The first-order valence-corrected chi connectivity index (χ1v) is 9.59. The van der Waals surface area contributed by atoms with Crippen molar-refractivity contribution in [3.05, 3.63) is 83.4 Å². The summed E-state index contributed by atoms with van der Waals surface area (Å²) in [6.45, 7) is 0.766. The van der Waals surface area contributed by atoms with E-state index < -0.39 is 0 Å². The lowest BCUT2D eigenvalue weighted by Gasteiger charge is -2.13. The van der Waals surface area contributed by atoms with Crippen LogP contribution in [-0.2, 0) is 6.54 Å². The SMILES string of the molecule is COc1ccc2c(OCCn3cc(-c4ccccc4OC)ccc3=O)ccnc2c1. The summed E-state index contributed by atoms with van der Waals surface area (Å²) in [5, 5.41) is 0.897. The molecule has 30 heavy (non-hydrogen) atoms. The van der Waals surface area contributed by atoms with E-state index in [0.29, 0.717) is 13.2 Å². The summed E-state index contributed by atoms with van der Waals surface area (Å²) in [6.07, 6.45) is 3.53. The van der Waals surface area contributed by atoms with Crippen LogP contribution in [0.2, 0.25) is 0 Å². The van der Waals surface area contributed by atoms with Crippen molar-refractivity contribution in [3.8, 4) is 28.4 Å². The van der Waals surface area contributed by atoms with Crippen molar-refractivity contribution >= 4 is 10.9 Å². The lowest BCUT2D eigenvalue weighted by atomic mass is 10.1. The molecule has 0 unspecified atom stereocenters. The second kappa shape index (κ2) is 8.69. The maximum Gasteiger partial charge on any atom is 0.250 e. The maximum atomic E-state index is 12.3. The molecule has 0 aliphatic rings. The van der Waals surface area contributed by atoms with Gasteiger partial charge in [-0.05, 0) is 30.3 Å². The Morgan fingerprint density at radius 3 is 2.63 bits per heavy atom. The van der Waals surface area contributed by atoms with E-state index in [2.05, 4.69) is 4.98 Å². The largest absolute Gasteiger partial charge is 0.497 e. The predicted octanol–water partition coefficient (Wildman–Crippen LogP) is 4.16. The summed E-state index contributed by atoms with van der Waals surface area (Å²) in [7, 11) is 3.26. The Kier molecular flexibility index (Phi) is 5.66. The molecule has 4 aromatic rings. The molecule has 0 spiro atoms. The zero-order valence-corrected chi connectivity index (χ0v) is 16.9. The van der Waals surface area contributed by atoms with E-state index in [1.54, 1.807) is 37.1 Å². The third-order valence-electron chi connectivity index (χ3n) is 4.90. The van der Waals surface area contributed by atoms with Crippen molar-refractivity contribution in [2.75, 3.05) is 20.8 Å². The second-order valence-electron chi connectivity index (χ2n) is 6.69. The topological polar surface area (TPSA) is 62.6 Å². The van der Waals surface area contributed by atoms with Gasteiger partial charge in [-0.1, -0.05) is 18.2 Å². The first-order valence-electron chi connectivity index (χ1n) is 9.59. The van der Waals surface area contributed by atoms with Gasteiger partial charge >= 0.3 is 0 Å². The van der Waals surface area contributed by atoms with Crippen LogP contribution in [0.25, 0.3) is 22.0 Å². The van der Waals surface area contributed by atoms with Gasteiger partial charge < -0.3 is 18.8 Å². The van der Waals surface area contributed by atoms with Gasteiger partial charge in [-0.15, -0.1) is 0 Å². The summed E-state index contributed by atoms with van der Waals surface area (Å²) in [6, 6.07) is 18.6. The number of aromatic nitrogens is 2. The molecule has 0 aliphatic carbocycles. The number of ether oxygens (including phenoxy) is 3. The number of rotatable bonds is 7. The summed E-state index contributed by atoms with van der Waals surface area (Å²) in [5.74, 6) is 2.22. The molecule has 6 nitrogen and oxygen atoms in total. The zero-order chi connectivity index (χ0) is 20.9. The van der Waals surface area contributed by atoms with E-state index in [9.17, 15) is 4.79 Å². The number of fused-ring (bicyclic) bond motifs is 1. The summed E-state index contributed by atoms with van der Waals surface area (Å²) in [5.41, 5.74) is 2.56. The fourth-order valence-electron chi connectivity index (χ4n) is 3.36. The van der Waals surface area contributed by atoms with Gasteiger partial charge in [-0.3, -0.25) is 9.78 Å². The summed E-state index contributed by atoms with van der Waals surface area (Å²) >= 11 is 0. The number of hydrogen-bond donors (Lipinski definition) is 0. The van der Waals surface area contributed by atoms with Crippen LogP contribution in [0.5, 0.6) is 17.2 Å². The van der Waals surface area contributed by atoms with Crippen LogP contribution in [0.15, 0.2) is 77.9 Å². The van der Waals surface area contributed by atoms with Crippen LogP contribution in [-0.4, -0.2) is 30.4 Å². The Balaban J connectivity index is 1.53. The molecule has 0 saturated heterocycles. The first-order chi connectivity index (χ1) is 14.7. The number of methoxy groups -OCH3 is 2. The van der Waals surface area contributed by atoms with Gasteiger partial charge in [0.15, 0.2) is 0 Å². The Morgan fingerprint density at radius 1 is 0.933 bits per heavy atom. The molecular weight excluding hydrogens is 380 g/mol. The van der Waals surface area contributed by atoms with E-state index in [1.807, 2.05) is 54.7 Å². The van der Waals surface area contributed by atoms with Crippen LogP contribution in [0.1, 0.15) is 0 Å². The van der Waals surface area contributed by atoms with Gasteiger partial charge in [0.1, 0.15) is 23.9 Å². The lowest BCUT2D eigenvalue weighted by Crippen LogP contribution is -2.22. The molecule has 0 aliphatic heterocycles. The Labute approximate surface area is 174 Å². The number of para-hydroxylation sites is 1. The zero-order valence-electron chi connectivity index (χ0n) is 16.9. The smallest absolute Gasteiger partial charge is 0.250 e. The van der Waals surface area contributed by atoms with E-state index in [-0.39, 0.29) is 5.56 Å². The standard InChI is InChI=1S/C24H22N2O4/c1-28-18-8-9-20-21(15-18)25-12-11-23(20)30-14-13-26-16-17(7-10-24(26)27)19-5-3-4-6-22(19)29-2/h3-12,15-16H,13-14H2,1-2H3. The molecule has 0 amide bonds. The Bertz CT molecular complexity index is 1230. The molecule has 0 atom stereocenters. The van der Waals surface area contributed by atoms with Crippen LogP contribution < -0.4 is 19.8 Å². The molecule has 4 rings (SSSR count). The molecular formula is C24H22N2O4. The molecule has 0 saturated carbocycles. The van der Waals surface area contributed by atoms with Crippen molar-refractivity contribution < 1.29 is 14.2 Å². The average molecular weight is 402 g/mol. The van der Waals surface area contributed by atoms with E-state index in [4.69, 9.17) is 14.2 Å². The number of pyridine rings is 2. The fourth-order valence-corrected chi connectivity index (χ4v) is 3.36. The third-order valence-corrected chi connectivity index (χ3v) is 4.90. The van der Waals surface area contributed by atoms with Gasteiger partial charge in [-0.25, -0.2) is 0 Å². The monoisotopic (exact) mass is 402 g/mol. The number of benzene rings is 2. The molecule has 2 aromatic heterocycles. The maximum absolute atomic E-state index is 12.3. The van der Waals surface area contributed by atoms with E-state index in [0.717, 1.165) is 39.3 Å². The van der Waals surface area contributed by atoms with Gasteiger partial charge in [-0.2, -0.15) is 0 Å². The first kappa shape index (κ1) is 19.5. The molecule has 2 heterocycles. The Morgan fingerprint density at radius 2 is 1.80 bits per heavy atom. The van der Waals surface area contributed by atoms with Gasteiger partial charge in [0.05, 0.1) is 26.3 Å². The van der Waals surface area contributed by atoms with Crippen molar-refractivity contribution in [1.82, 2.24) is 9.55 Å². The highest BCUT2D eigenvalue weighted by Crippen LogP contribution is 2.29. The highest BCUT2D eigenvalue weighted by Gasteiger charge is 2.08. The second-order valence-corrected chi connectivity index (χ2v) is 6.69. The van der Waals surface area contributed by atoms with E-state index in [1.165, 1.54) is 0 Å². The van der Waals surface area contributed by atoms with Crippen molar-refractivity contribution in [1.29, 1.82) is 0 Å². The van der Waals surface area contributed by atoms with Crippen LogP contribution in [0.4, 0.5) is 0 Å². The number of hydrogen-bond acceptors (Lipinski definition) is 5. The molecule has 152 valence electrons. The minimum Gasteiger partial charge on any atom is -0.497 e. The molecule has 0 radical (unpaired) electrons. The Hall–Kier alpha value is -3.80. The predicted molar refractivity (Wildman–Crippen MR) is 116 cm³/mol. The minimum atomic E-state index is -0.0819. The quantitative estimate of drug-likeness (QED) is 0.465. The highest BCUT2D eigenvalue weighted by molar-refractivity contribution is 5.85. The molecule has 0 bridgehead atoms. The number of nitrogens with zero attached hydrogens (tertiary/aromatic N) is 2.